The van der Waals surface area contributed by atoms with E-state index in [2.05, 4.69) is 21.4 Å². The molecule has 0 amide bonds. The fourth-order valence-corrected chi connectivity index (χ4v) is 0. The van der Waals surface area contributed by atoms with Crippen LogP contribution in [-0.4, -0.2) is 0 Å². The van der Waals surface area contributed by atoms with Crippen LogP contribution in [0.15, 0.2) is 0 Å². The maximum atomic E-state index is 4.68. The summed E-state index contributed by atoms with van der Waals surface area (Å²) in [6.45, 7) is 0. The van der Waals surface area contributed by atoms with Gasteiger partial charge in [0.25, 0.3) is 0 Å². The van der Waals surface area contributed by atoms with Crippen LogP contribution >= 0.6 is 44.0 Å². The van der Waals surface area contributed by atoms with Crippen LogP contribution in [0, 0.1) is 0 Å². The highest BCUT2D eigenvalue weighted by Gasteiger charge is 1.43. The van der Waals surface area contributed by atoms with Crippen LogP contribution in [0.2, 0.25) is 0 Å². The molecule has 0 saturated heterocycles. The summed E-state index contributed by atoms with van der Waals surface area (Å²) in [5.41, 5.74) is 0. The van der Waals surface area contributed by atoms with Gasteiger partial charge in [0.2, 0.25) is 0 Å². The van der Waals surface area contributed by atoms with Crippen molar-refractivity contribution in [2.75, 3.05) is 0 Å². The lowest BCUT2D eigenvalue weighted by Crippen LogP contribution is -0.745. The first-order chi connectivity index (χ1) is 1.41. The summed E-state index contributed by atoms with van der Waals surface area (Å²) >= 11 is 0. The lowest BCUT2D eigenvalue weighted by molar-refractivity contribution is 5.06. The molecule has 0 aromatic rings. The van der Waals surface area contributed by atoms with Crippen LogP contribution in [0.25, 0.3) is 0 Å². The zero-order valence-corrected chi connectivity index (χ0v) is 4.72. The summed E-state index contributed by atoms with van der Waals surface area (Å²) < 4.78 is 0. The monoisotopic (exact) mass is 138 g/mol. The lowest BCUT2D eigenvalue weighted by Gasteiger charge is -1.40. The Labute approximate surface area is 44.3 Å². The van der Waals surface area contributed by atoms with E-state index in [0.717, 1.165) is 0 Å². The van der Waals surface area contributed by atoms with E-state index >= 15 is 0 Å². The van der Waals surface area contributed by atoms with Gasteiger partial charge in [-0.2, -0.15) is 0 Å². The molecule has 0 fully saturated rings. The average Bonchev–Trinajstić information content (AvgIpc) is 0.918. The molecule has 4 heavy (non-hydrogen) atoms. The minimum Gasteiger partial charge on any atom is -0.147 e. The molecule has 28 valence electrons. The zero-order chi connectivity index (χ0) is 2.71. The molecule has 0 atom stereocenters. The first-order valence-corrected chi connectivity index (χ1v) is 2.78. The van der Waals surface area contributed by atoms with Gasteiger partial charge in [-0.05, 0) is 21.4 Å². The normalized spacial score (nSPS) is 4.50. The van der Waals surface area contributed by atoms with E-state index in [0.29, 0.717) is 10.2 Å². The number of hydrogen-bond donors (Lipinski definition) is 0. The first-order valence-electron chi connectivity index (χ1n) is 0.309. The highest BCUT2D eigenvalue weighted by Crippen LogP contribution is 2.08. The van der Waals surface area contributed by atoms with Crippen LogP contribution in [0.5, 0.6) is 0 Å². The predicted octanol–water partition coefficient (Wildman–Crippen LogP) is 2.45. The van der Waals surface area contributed by atoms with Gasteiger partial charge in [-0.1, -0.05) is 0 Å². The third-order valence-electron chi connectivity index (χ3n) is 0. The van der Waals surface area contributed by atoms with Crippen LogP contribution in [-0.2, 0) is 0 Å². The Balaban J connectivity index is 0. The fraction of sp³-hybridized carbons (Fsp3) is 0. The standard InChI is InChI=1S/Cl2S.ClH/c1-3-2;/h;1H. The van der Waals surface area contributed by atoms with Crippen molar-refractivity contribution in [2.45, 2.75) is 0 Å². The molecule has 0 spiro atoms. The fourth-order valence-electron chi connectivity index (χ4n) is 0. The highest BCUT2D eigenvalue weighted by atomic mass is 36.0. The second-order valence-electron chi connectivity index (χ2n) is 0.0583. The van der Waals surface area contributed by atoms with Crippen LogP contribution in [0.3, 0.4) is 0 Å². The van der Waals surface area contributed by atoms with Crippen molar-refractivity contribution in [3.63, 3.8) is 0 Å². The number of halogens is 3. The van der Waals surface area contributed by atoms with Gasteiger partial charge >= 0.3 is 0 Å². The Hall–Kier alpha value is 1.22. The SMILES string of the molecule is Cl.ClSCl. The quantitative estimate of drug-likeness (QED) is 0.497. The minimum atomic E-state index is 0. The Morgan fingerprint density at radius 3 is 1.25 bits per heavy atom. The van der Waals surface area contributed by atoms with Crippen molar-refractivity contribution in [3.8, 4) is 0 Å². The van der Waals surface area contributed by atoms with Gasteiger partial charge in [0.05, 0.1) is 10.2 Å². The molecule has 0 heterocycles. The van der Waals surface area contributed by atoms with Crippen molar-refractivity contribution in [1.29, 1.82) is 0 Å². The summed E-state index contributed by atoms with van der Waals surface area (Å²) in [6, 6.07) is 0. The van der Waals surface area contributed by atoms with E-state index in [4.69, 9.17) is 0 Å². The number of rotatable bonds is 0. The van der Waals surface area contributed by atoms with E-state index < -0.39 is 0 Å². The van der Waals surface area contributed by atoms with Gasteiger partial charge in [-0.15, -0.1) is 12.4 Å². The molecule has 0 N–H and O–H groups in total. The van der Waals surface area contributed by atoms with Gasteiger partial charge in [-0.3, -0.25) is 0 Å². The smallest absolute Gasteiger partial charge is 0.0523 e. The summed E-state index contributed by atoms with van der Waals surface area (Å²) in [5.74, 6) is 0. The molecule has 0 aliphatic heterocycles. The molecule has 0 nitrogen and oxygen atoms in total. The summed E-state index contributed by atoms with van der Waals surface area (Å²) in [4.78, 5) is 0. The van der Waals surface area contributed by atoms with E-state index in [-0.39, 0.29) is 12.4 Å². The summed E-state index contributed by atoms with van der Waals surface area (Å²) in [7, 11) is 10.1. The van der Waals surface area contributed by atoms with E-state index in [9.17, 15) is 0 Å². The Kier molecular flexibility index (Phi) is 19.9. The Morgan fingerprint density at radius 2 is 1.25 bits per heavy atom. The van der Waals surface area contributed by atoms with Crippen LogP contribution in [0.1, 0.15) is 0 Å². The molecular formula is HCl3S. The summed E-state index contributed by atoms with van der Waals surface area (Å²) in [6.07, 6.45) is 0. The molecular weight excluding hydrogens is 138 g/mol. The Bertz CT molecular complexity index is 3.25. The zero-order valence-electron chi connectivity index (χ0n) is 1.57. The molecule has 0 aromatic heterocycles. The highest BCUT2D eigenvalue weighted by molar-refractivity contribution is 8.38. The van der Waals surface area contributed by atoms with Crippen molar-refractivity contribution >= 4 is 44.0 Å². The molecule has 0 radical (unpaired) electrons. The third-order valence-corrected chi connectivity index (χ3v) is 0. The topological polar surface area (TPSA) is 0 Å². The van der Waals surface area contributed by atoms with E-state index in [1.807, 2.05) is 0 Å². The first kappa shape index (κ1) is 8.97. The molecule has 0 aromatic carbocycles. The van der Waals surface area contributed by atoms with Crippen LogP contribution in [0.4, 0.5) is 0 Å². The molecule has 0 bridgehead atoms. The molecule has 0 saturated carbocycles. The van der Waals surface area contributed by atoms with E-state index in [1.54, 1.807) is 0 Å². The van der Waals surface area contributed by atoms with Gasteiger partial charge in [-0.25, -0.2) is 0 Å². The lowest BCUT2D eigenvalue weighted by atomic mass is 31.6. The van der Waals surface area contributed by atoms with Gasteiger partial charge in [0, 0.05) is 0 Å². The molecule has 0 unspecified atom stereocenters. The van der Waals surface area contributed by atoms with Crippen molar-refractivity contribution in [2.24, 2.45) is 0 Å². The molecule has 0 aliphatic rings. The molecule has 4 heteroatoms. The number of hydrogen-bond acceptors (Lipinski definition) is 1. The minimum absolute atomic E-state index is 0. The summed E-state index contributed by atoms with van der Waals surface area (Å²) in [5, 5.41) is 0. The van der Waals surface area contributed by atoms with Crippen molar-refractivity contribution in [1.82, 2.24) is 0 Å². The largest absolute Gasteiger partial charge is 0.147 e. The Morgan fingerprint density at radius 1 is 1.25 bits per heavy atom. The molecule has 0 aliphatic carbocycles. The third kappa shape index (κ3) is 10.7. The van der Waals surface area contributed by atoms with Crippen molar-refractivity contribution < 1.29 is 0 Å². The van der Waals surface area contributed by atoms with E-state index in [1.165, 1.54) is 0 Å². The van der Waals surface area contributed by atoms with Gasteiger partial charge < -0.3 is 0 Å². The van der Waals surface area contributed by atoms with Crippen LogP contribution < -0.4 is 0 Å². The maximum absolute atomic E-state index is 4.68. The second-order valence-corrected chi connectivity index (χ2v) is 1.57. The van der Waals surface area contributed by atoms with Gasteiger partial charge in [0.15, 0.2) is 0 Å². The second kappa shape index (κ2) is 8.88. The maximum Gasteiger partial charge on any atom is 0.0523 e. The molecule has 0 rings (SSSR count). The predicted molar refractivity (Wildman–Crippen MR) is 26.5 cm³/mol. The van der Waals surface area contributed by atoms with Gasteiger partial charge in [0.1, 0.15) is 0 Å². The van der Waals surface area contributed by atoms with Crippen molar-refractivity contribution in [3.05, 3.63) is 0 Å². The average molecular weight is 139 g/mol.